The van der Waals surface area contributed by atoms with Crippen LogP contribution in [0.4, 0.5) is 0 Å². The molecule has 0 aliphatic rings. The summed E-state index contributed by atoms with van der Waals surface area (Å²) in [7, 11) is 0. The van der Waals surface area contributed by atoms with Crippen LogP contribution in [-0.4, -0.2) is 6.04 Å². The first-order chi connectivity index (χ1) is 6.58. The Labute approximate surface area is 99.6 Å². The van der Waals surface area contributed by atoms with Crippen LogP contribution in [0.1, 0.15) is 33.0 Å². The number of nitrogens with one attached hydrogen (secondary N) is 1. The van der Waals surface area contributed by atoms with E-state index in [1.54, 1.807) is 0 Å². The van der Waals surface area contributed by atoms with E-state index in [0.29, 0.717) is 6.04 Å². The molecule has 1 aromatic heterocycles. The van der Waals surface area contributed by atoms with E-state index in [4.69, 9.17) is 4.42 Å². The van der Waals surface area contributed by atoms with Gasteiger partial charge in [-0.2, -0.15) is 0 Å². The highest BCUT2D eigenvalue weighted by Crippen LogP contribution is 2.10. The van der Waals surface area contributed by atoms with Gasteiger partial charge in [-0.3, -0.25) is 0 Å². The lowest BCUT2D eigenvalue weighted by atomic mass is 10.1. The molecule has 1 unspecified atom stereocenters. The lowest BCUT2D eigenvalue weighted by Gasteiger charge is -2.14. The molecule has 2 nitrogen and oxygen atoms in total. The van der Waals surface area contributed by atoms with Gasteiger partial charge in [-0.25, -0.2) is 0 Å². The molecule has 0 fully saturated rings. The van der Waals surface area contributed by atoms with E-state index in [1.807, 2.05) is 12.1 Å². The summed E-state index contributed by atoms with van der Waals surface area (Å²) in [4.78, 5) is 0. The average molecular weight is 307 g/mol. The van der Waals surface area contributed by atoms with Crippen LogP contribution in [0, 0.1) is 9.68 Å². The highest BCUT2D eigenvalue weighted by atomic mass is 127. The molecule has 1 rings (SSSR count). The lowest BCUT2D eigenvalue weighted by molar-refractivity contribution is 0.404. The summed E-state index contributed by atoms with van der Waals surface area (Å²) in [6.45, 7) is 7.53. The lowest BCUT2D eigenvalue weighted by Crippen LogP contribution is -2.26. The molecule has 1 heterocycles. The summed E-state index contributed by atoms with van der Waals surface area (Å²) in [5, 5.41) is 3.45. The predicted octanol–water partition coefficient (Wildman–Crippen LogP) is 3.41. The third kappa shape index (κ3) is 4.46. The molecule has 1 aromatic rings. The van der Waals surface area contributed by atoms with Crippen LogP contribution < -0.4 is 5.32 Å². The second-order valence-electron chi connectivity index (χ2n) is 4.12. The maximum Gasteiger partial charge on any atom is 0.164 e. The molecule has 0 radical (unpaired) electrons. The average Bonchev–Trinajstić information content (AvgIpc) is 2.47. The van der Waals surface area contributed by atoms with Gasteiger partial charge in [0.25, 0.3) is 0 Å². The number of halogens is 1. The van der Waals surface area contributed by atoms with Gasteiger partial charge in [-0.15, -0.1) is 0 Å². The Morgan fingerprint density at radius 1 is 1.36 bits per heavy atom. The predicted molar refractivity (Wildman–Crippen MR) is 67.2 cm³/mol. The van der Waals surface area contributed by atoms with Gasteiger partial charge in [0.1, 0.15) is 5.76 Å². The van der Waals surface area contributed by atoms with Crippen LogP contribution >= 0.6 is 22.6 Å². The van der Waals surface area contributed by atoms with E-state index >= 15 is 0 Å². The molecular formula is C11H18INO. The summed E-state index contributed by atoms with van der Waals surface area (Å²) < 4.78 is 6.42. The van der Waals surface area contributed by atoms with E-state index in [-0.39, 0.29) is 0 Å². The molecule has 0 bridgehead atoms. The second-order valence-corrected chi connectivity index (χ2v) is 5.18. The van der Waals surface area contributed by atoms with Crippen LogP contribution in [0.3, 0.4) is 0 Å². The molecule has 0 saturated carbocycles. The van der Waals surface area contributed by atoms with E-state index in [1.165, 1.54) is 6.42 Å². The van der Waals surface area contributed by atoms with Crippen LogP contribution in [0.25, 0.3) is 0 Å². The SMILES string of the molecule is CC(C)CC(C)NCc1ccc(I)o1. The Morgan fingerprint density at radius 3 is 2.57 bits per heavy atom. The number of rotatable bonds is 5. The Balaban J connectivity index is 2.26. The van der Waals surface area contributed by atoms with Crippen molar-refractivity contribution in [1.29, 1.82) is 0 Å². The maximum atomic E-state index is 5.46. The number of hydrogen-bond donors (Lipinski definition) is 1. The topological polar surface area (TPSA) is 25.2 Å². The van der Waals surface area contributed by atoms with Crippen molar-refractivity contribution in [3.63, 3.8) is 0 Å². The summed E-state index contributed by atoms with van der Waals surface area (Å²) in [5.41, 5.74) is 0. The minimum absolute atomic E-state index is 0.553. The molecule has 3 heteroatoms. The molecular weight excluding hydrogens is 289 g/mol. The maximum absolute atomic E-state index is 5.46. The third-order valence-electron chi connectivity index (χ3n) is 2.08. The van der Waals surface area contributed by atoms with Crippen molar-refractivity contribution in [3.05, 3.63) is 21.7 Å². The highest BCUT2D eigenvalue weighted by molar-refractivity contribution is 14.1. The van der Waals surface area contributed by atoms with Gasteiger partial charge in [0.2, 0.25) is 0 Å². The fourth-order valence-corrected chi connectivity index (χ4v) is 1.97. The minimum atomic E-state index is 0.553. The van der Waals surface area contributed by atoms with E-state index in [0.717, 1.165) is 22.0 Å². The molecule has 0 aliphatic carbocycles. The summed E-state index contributed by atoms with van der Waals surface area (Å²) in [6, 6.07) is 4.57. The molecule has 0 amide bonds. The van der Waals surface area contributed by atoms with Gasteiger partial charge in [0, 0.05) is 6.04 Å². The Bertz CT molecular complexity index is 270. The minimum Gasteiger partial charge on any atom is -0.454 e. The van der Waals surface area contributed by atoms with Crippen LogP contribution in [-0.2, 0) is 6.54 Å². The molecule has 0 spiro atoms. The molecule has 80 valence electrons. The molecule has 1 N–H and O–H groups in total. The van der Waals surface area contributed by atoms with Crippen molar-refractivity contribution in [3.8, 4) is 0 Å². The van der Waals surface area contributed by atoms with Crippen molar-refractivity contribution >= 4 is 22.6 Å². The fourth-order valence-electron chi connectivity index (χ4n) is 1.51. The zero-order valence-electron chi connectivity index (χ0n) is 9.01. The zero-order chi connectivity index (χ0) is 10.6. The molecule has 0 aromatic carbocycles. The Morgan fingerprint density at radius 2 is 2.07 bits per heavy atom. The Kier molecular flexibility index (Phi) is 4.95. The van der Waals surface area contributed by atoms with Gasteiger partial charge < -0.3 is 9.73 Å². The van der Waals surface area contributed by atoms with E-state index in [9.17, 15) is 0 Å². The van der Waals surface area contributed by atoms with E-state index < -0.39 is 0 Å². The summed E-state index contributed by atoms with van der Waals surface area (Å²) in [5.74, 6) is 1.76. The molecule has 0 aliphatic heterocycles. The van der Waals surface area contributed by atoms with Crippen molar-refractivity contribution in [2.45, 2.75) is 39.8 Å². The van der Waals surface area contributed by atoms with Crippen LogP contribution in [0.2, 0.25) is 0 Å². The highest BCUT2D eigenvalue weighted by Gasteiger charge is 2.05. The summed E-state index contributed by atoms with van der Waals surface area (Å²) in [6.07, 6.45) is 1.21. The van der Waals surface area contributed by atoms with Gasteiger partial charge in [-0.1, -0.05) is 13.8 Å². The molecule has 1 atom stereocenters. The van der Waals surface area contributed by atoms with Gasteiger partial charge >= 0.3 is 0 Å². The fraction of sp³-hybridized carbons (Fsp3) is 0.636. The first-order valence-electron chi connectivity index (χ1n) is 5.05. The van der Waals surface area contributed by atoms with Crippen molar-refractivity contribution in [1.82, 2.24) is 5.32 Å². The molecule has 0 saturated heterocycles. The smallest absolute Gasteiger partial charge is 0.164 e. The number of hydrogen-bond acceptors (Lipinski definition) is 2. The first kappa shape index (κ1) is 12.0. The van der Waals surface area contributed by atoms with Crippen molar-refractivity contribution < 1.29 is 4.42 Å². The second kappa shape index (κ2) is 5.75. The van der Waals surface area contributed by atoms with Gasteiger partial charge in [0.15, 0.2) is 3.77 Å². The third-order valence-corrected chi connectivity index (χ3v) is 2.66. The zero-order valence-corrected chi connectivity index (χ0v) is 11.2. The normalized spacial score (nSPS) is 13.5. The van der Waals surface area contributed by atoms with Gasteiger partial charge in [-0.05, 0) is 54.0 Å². The summed E-state index contributed by atoms with van der Waals surface area (Å²) >= 11 is 2.18. The number of furan rings is 1. The van der Waals surface area contributed by atoms with E-state index in [2.05, 4.69) is 48.7 Å². The van der Waals surface area contributed by atoms with Crippen molar-refractivity contribution in [2.75, 3.05) is 0 Å². The monoisotopic (exact) mass is 307 g/mol. The standard InChI is InChI=1S/C11H18INO/c1-8(2)6-9(3)13-7-10-4-5-11(12)14-10/h4-5,8-9,13H,6-7H2,1-3H3. The van der Waals surface area contributed by atoms with Gasteiger partial charge in [0.05, 0.1) is 6.54 Å². The van der Waals surface area contributed by atoms with Crippen LogP contribution in [0.5, 0.6) is 0 Å². The first-order valence-corrected chi connectivity index (χ1v) is 6.13. The van der Waals surface area contributed by atoms with Crippen LogP contribution in [0.15, 0.2) is 16.5 Å². The molecule has 14 heavy (non-hydrogen) atoms. The van der Waals surface area contributed by atoms with Crippen molar-refractivity contribution in [2.24, 2.45) is 5.92 Å². The Hall–Kier alpha value is -0.0300. The quantitative estimate of drug-likeness (QED) is 0.843. The largest absolute Gasteiger partial charge is 0.454 e.